The number of carbonyl (C=O) groups excluding carboxylic acids is 1. The molecule has 0 saturated heterocycles. The highest BCUT2D eigenvalue weighted by atomic mass is 35.5. The van der Waals surface area contributed by atoms with Gasteiger partial charge in [0.15, 0.2) is 0 Å². The lowest BCUT2D eigenvalue weighted by Crippen LogP contribution is -2.45. The van der Waals surface area contributed by atoms with Crippen LogP contribution in [-0.4, -0.2) is 22.7 Å². The summed E-state index contributed by atoms with van der Waals surface area (Å²) in [6.07, 6.45) is -0.0762. The normalized spacial score (nSPS) is 20.0. The standard InChI is InChI=1S/C23H17ClN2O2/c24-17-12-10-15(11-13-17)19-14-20-18-8-4-5-9-21(18)28-23(26(20)25-19)22(27)16-6-2-1-3-7-16/h1-13,20,23H,14H2/t20-,23+/m1/s1. The van der Waals surface area contributed by atoms with Crippen molar-refractivity contribution in [2.75, 3.05) is 0 Å². The average Bonchev–Trinajstić information content (AvgIpc) is 3.19. The first kappa shape index (κ1) is 17.0. The Kier molecular flexibility index (Phi) is 4.14. The number of hydrazone groups is 1. The van der Waals surface area contributed by atoms with Crippen molar-refractivity contribution in [1.29, 1.82) is 0 Å². The fourth-order valence-corrected chi connectivity index (χ4v) is 3.89. The van der Waals surface area contributed by atoms with Gasteiger partial charge in [0.1, 0.15) is 5.75 Å². The number of ketones is 1. The van der Waals surface area contributed by atoms with Gasteiger partial charge < -0.3 is 4.74 Å². The molecule has 0 amide bonds. The maximum absolute atomic E-state index is 13.2. The quantitative estimate of drug-likeness (QED) is 0.587. The van der Waals surface area contributed by atoms with Crippen molar-refractivity contribution in [3.63, 3.8) is 0 Å². The van der Waals surface area contributed by atoms with Crippen LogP contribution in [0.25, 0.3) is 0 Å². The summed E-state index contributed by atoms with van der Waals surface area (Å²) in [5.74, 6) is 0.645. The third-order valence-electron chi connectivity index (χ3n) is 5.16. The molecule has 5 rings (SSSR count). The van der Waals surface area contributed by atoms with Crippen molar-refractivity contribution in [2.45, 2.75) is 18.7 Å². The molecule has 4 nitrogen and oxygen atoms in total. The number of Topliss-reactive ketones (excluding diaryl/α,β-unsaturated/α-hetero) is 1. The lowest BCUT2D eigenvalue weighted by atomic mass is 9.96. The average molecular weight is 389 g/mol. The van der Waals surface area contributed by atoms with E-state index in [9.17, 15) is 4.79 Å². The molecule has 5 heteroatoms. The number of fused-ring (bicyclic) bond motifs is 3. The lowest BCUT2D eigenvalue weighted by Gasteiger charge is -2.37. The highest BCUT2D eigenvalue weighted by Crippen LogP contribution is 2.43. The largest absolute Gasteiger partial charge is 0.461 e. The van der Waals surface area contributed by atoms with Gasteiger partial charge in [0.05, 0.1) is 11.8 Å². The van der Waals surface area contributed by atoms with Gasteiger partial charge in [-0.15, -0.1) is 0 Å². The van der Waals surface area contributed by atoms with Crippen LogP contribution in [0.2, 0.25) is 5.02 Å². The second-order valence-electron chi connectivity index (χ2n) is 6.89. The van der Waals surface area contributed by atoms with Gasteiger partial charge in [0, 0.05) is 22.6 Å². The van der Waals surface area contributed by atoms with Crippen molar-refractivity contribution in [2.24, 2.45) is 5.10 Å². The van der Waals surface area contributed by atoms with Gasteiger partial charge in [-0.2, -0.15) is 5.10 Å². The molecule has 0 saturated carbocycles. The van der Waals surface area contributed by atoms with Crippen LogP contribution in [0.5, 0.6) is 5.75 Å². The Morgan fingerprint density at radius 2 is 1.68 bits per heavy atom. The third kappa shape index (κ3) is 2.86. The molecule has 0 unspecified atom stereocenters. The molecule has 2 aliphatic rings. The maximum Gasteiger partial charge on any atom is 0.251 e. The fourth-order valence-electron chi connectivity index (χ4n) is 3.77. The van der Waals surface area contributed by atoms with Crippen LogP contribution >= 0.6 is 11.6 Å². The molecule has 2 atom stereocenters. The number of rotatable bonds is 3. The second-order valence-corrected chi connectivity index (χ2v) is 7.33. The van der Waals surface area contributed by atoms with E-state index >= 15 is 0 Å². The fraction of sp³-hybridized carbons (Fsp3) is 0.130. The van der Waals surface area contributed by atoms with Crippen LogP contribution in [0.3, 0.4) is 0 Å². The summed E-state index contributed by atoms with van der Waals surface area (Å²) >= 11 is 6.02. The molecule has 0 fully saturated rings. The van der Waals surface area contributed by atoms with Gasteiger partial charge in [-0.3, -0.25) is 4.79 Å². The van der Waals surface area contributed by atoms with E-state index in [0.29, 0.717) is 17.0 Å². The van der Waals surface area contributed by atoms with Crippen LogP contribution in [0, 0.1) is 0 Å². The van der Waals surface area contributed by atoms with E-state index in [1.807, 2.05) is 71.7 Å². The lowest BCUT2D eigenvalue weighted by molar-refractivity contribution is -0.00455. The van der Waals surface area contributed by atoms with Crippen molar-refractivity contribution < 1.29 is 9.53 Å². The van der Waals surface area contributed by atoms with Crippen molar-refractivity contribution >= 4 is 23.1 Å². The Morgan fingerprint density at radius 3 is 2.46 bits per heavy atom. The van der Waals surface area contributed by atoms with E-state index in [1.54, 1.807) is 12.1 Å². The number of para-hydroxylation sites is 1. The van der Waals surface area contributed by atoms with Gasteiger partial charge in [-0.1, -0.05) is 72.3 Å². The Balaban J connectivity index is 1.56. The zero-order valence-electron chi connectivity index (χ0n) is 15.0. The van der Waals surface area contributed by atoms with E-state index in [-0.39, 0.29) is 11.8 Å². The van der Waals surface area contributed by atoms with E-state index in [4.69, 9.17) is 21.4 Å². The van der Waals surface area contributed by atoms with Crippen molar-refractivity contribution in [1.82, 2.24) is 5.01 Å². The van der Waals surface area contributed by atoms with E-state index < -0.39 is 6.23 Å². The number of carbonyl (C=O) groups is 1. The highest BCUT2D eigenvalue weighted by Gasteiger charge is 2.43. The Labute approximate surface area is 168 Å². The summed E-state index contributed by atoms with van der Waals surface area (Å²) in [7, 11) is 0. The van der Waals surface area contributed by atoms with E-state index in [1.165, 1.54) is 0 Å². The van der Waals surface area contributed by atoms with E-state index in [2.05, 4.69) is 0 Å². The maximum atomic E-state index is 13.2. The number of hydrogen-bond donors (Lipinski definition) is 0. The molecule has 3 aromatic carbocycles. The van der Waals surface area contributed by atoms with Crippen LogP contribution in [0.4, 0.5) is 0 Å². The number of hydrogen-bond acceptors (Lipinski definition) is 4. The molecule has 0 spiro atoms. The van der Waals surface area contributed by atoms with Gasteiger partial charge in [-0.25, -0.2) is 5.01 Å². The minimum atomic E-state index is -0.785. The molecule has 0 bridgehead atoms. The summed E-state index contributed by atoms with van der Waals surface area (Å²) in [6, 6.07) is 24.7. The number of benzene rings is 3. The van der Waals surface area contributed by atoms with Crippen molar-refractivity contribution in [3.8, 4) is 5.75 Å². The predicted molar refractivity (Wildman–Crippen MR) is 109 cm³/mol. The first-order valence-electron chi connectivity index (χ1n) is 9.17. The molecule has 0 radical (unpaired) electrons. The molecule has 3 aromatic rings. The highest BCUT2D eigenvalue weighted by molar-refractivity contribution is 6.30. The predicted octanol–water partition coefficient (Wildman–Crippen LogP) is 5.09. The Hall–Kier alpha value is -3.11. The molecule has 0 N–H and O–H groups in total. The first-order chi connectivity index (χ1) is 13.7. The van der Waals surface area contributed by atoms with Crippen LogP contribution in [-0.2, 0) is 0 Å². The van der Waals surface area contributed by atoms with Gasteiger partial charge in [-0.05, 0) is 23.8 Å². The first-order valence-corrected chi connectivity index (χ1v) is 9.55. The summed E-state index contributed by atoms with van der Waals surface area (Å²) in [4.78, 5) is 13.2. The summed E-state index contributed by atoms with van der Waals surface area (Å²) in [5, 5.41) is 7.29. The zero-order valence-corrected chi connectivity index (χ0v) is 15.7. The number of nitrogens with zero attached hydrogens (tertiary/aromatic N) is 2. The molecule has 2 aliphatic heterocycles. The number of halogens is 1. The monoisotopic (exact) mass is 388 g/mol. The number of ether oxygens (including phenoxy) is 1. The summed E-state index contributed by atoms with van der Waals surface area (Å²) < 4.78 is 6.11. The molecular formula is C23H17ClN2O2. The molecule has 0 aliphatic carbocycles. The van der Waals surface area contributed by atoms with Crippen LogP contribution in [0.1, 0.15) is 33.9 Å². The summed E-state index contributed by atoms with van der Waals surface area (Å²) in [6.45, 7) is 0. The van der Waals surface area contributed by atoms with Crippen molar-refractivity contribution in [3.05, 3.63) is 101 Å². The molecule has 0 aromatic heterocycles. The Morgan fingerprint density at radius 1 is 0.964 bits per heavy atom. The van der Waals surface area contributed by atoms with Gasteiger partial charge in [0.2, 0.25) is 5.78 Å². The van der Waals surface area contributed by atoms with Crippen LogP contribution in [0.15, 0.2) is 84.0 Å². The smallest absolute Gasteiger partial charge is 0.251 e. The minimum Gasteiger partial charge on any atom is -0.461 e. The second kappa shape index (κ2) is 6.80. The van der Waals surface area contributed by atoms with Gasteiger partial charge >= 0.3 is 0 Å². The van der Waals surface area contributed by atoms with Gasteiger partial charge in [0.25, 0.3) is 6.23 Å². The molecular weight excluding hydrogens is 372 g/mol. The minimum absolute atomic E-state index is 0.0340. The zero-order chi connectivity index (χ0) is 19.1. The van der Waals surface area contributed by atoms with Crippen LogP contribution < -0.4 is 4.74 Å². The van der Waals surface area contributed by atoms with E-state index in [0.717, 1.165) is 22.6 Å². The topological polar surface area (TPSA) is 41.9 Å². The molecule has 138 valence electrons. The SMILES string of the molecule is O=C(c1ccccc1)[C@@H]1Oc2ccccc2[C@H]2CC(c3ccc(Cl)cc3)=NN21. The summed E-state index contributed by atoms with van der Waals surface area (Å²) in [5.41, 5.74) is 3.59. The molecule has 28 heavy (non-hydrogen) atoms. The third-order valence-corrected chi connectivity index (χ3v) is 5.41. The Bertz CT molecular complexity index is 1060. The molecule has 2 heterocycles.